The van der Waals surface area contributed by atoms with Gasteiger partial charge in [0.05, 0.1) is 12.6 Å². The summed E-state index contributed by atoms with van der Waals surface area (Å²) in [6, 6.07) is 8.30. The van der Waals surface area contributed by atoms with Crippen LogP contribution in [0.2, 0.25) is 0 Å². The maximum atomic E-state index is 13.1. The van der Waals surface area contributed by atoms with Crippen LogP contribution in [0.1, 0.15) is 49.4 Å². The summed E-state index contributed by atoms with van der Waals surface area (Å²) in [5.41, 5.74) is 14.7. The number of nitrogens with two attached hydrogens (primary N) is 2. The molecule has 0 saturated heterocycles. The third kappa shape index (κ3) is 11.4. The number of phenolic OH excluding ortho intramolecular Hbond substituents is 1. The molecule has 4 atom stereocenters. The number of benzene rings is 2. The Morgan fingerprint density at radius 2 is 1.42 bits per heavy atom. The molecule has 2 aromatic carbocycles. The summed E-state index contributed by atoms with van der Waals surface area (Å²) in [7, 11) is 0. The number of hydrogen-bond donors (Lipinski definition) is 7. The molecule has 0 unspecified atom stereocenters. The third-order valence-electron chi connectivity index (χ3n) is 6.92. The predicted octanol–water partition coefficient (Wildman–Crippen LogP) is 0.243. The van der Waals surface area contributed by atoms with E-state index in [0.717, 1.165) is 22.3 Å². The monoisotopic (exact) mass is 596 g/mol. The zero-order valence-electron chi connectivity index (χ0n) is 25.4. The van der Waals surface area contributed by atoms with Gasteiger partial charge in [-0.2, -0.15) is 0 Å². The van der Waals surface area contributed by atoms with Crippen molar-refractivity contribution in [2.45, 2.75) is 78.0 Å². The summed E-state index contributed by atoms with van der Waals surface area (Å²) < 4.78 is 0. The second-order valence-electron chi connectivity index (χ2n) is 11.2. The number of carbonyl (C=O) groups excluding carboxylic acids is 5. The number of phenols is 1. The molecule has 0 bridgehead atoms. The van der Waals surface area contributed by atoms with Crippen molar-refractivity contribution in [1.29, 1.82) is 0 Å². The molecule has 2 aromatic rings. The van der Waals surface area contributed by atoms with E-state index in [1.165, 1.54) is 6.92 Å². The Morgan fingerprint density at radius 3 is 1.98 bits per heavy atom. The summed E-state index contributed by atoms with van der Waals surface area (Å²) in [6.07, 6.45) is 0.688. The SMILES string of the molecule is Cc1cc(O)cc(C)c1C[C@H](N)C(=O)N[C@H](C)C(=O)NCC(=O)N[C@@H](Cc1ccccc1)C(=O)N[C@@H](CC(C)C)C(N)=O. The lowest BCUT2D eigenvalue weighted by Crippen LogP contribution is -2.56. The maximum absolute atomic E-state index is 13.1. The lowest BCUT2D eigenvalue weighted by Gasteiger charge is -2.23. The van der Waals surface area contributed by atoms with E-state index >= 15 is 0 Å². The van der Waals surface area contributed by atoms with Gasteiger partial charge in [-0.3, -0.25) is 24.0 Å². The molecular weight excluding hydrogens is 552 g/mol. The molecule has 0 radical (unpaired) electrons. The normalized spacial score (nSPS) is 13.7. The average molecular weight is 597 g/mol. The lowest BCUT2D eigenvalue weighted by molar-refractivity contribution is -0.132. The zero-order chi connectivity index (χ0) is 32.3. The highest BCUT2D eigenvalue weighted by Gasteiger charge is 2.27. The van der Waals surface area contributed by atoms with Crippen molar-refractivity contribution in [2.75, 3.05) is 6.54 Å². The van der Waals surface area contributed by atoms with E-state index in [-0.39, 0.29) is 24.5 Å². The van der Waals surface area contributed by atoms with E-state index in [2.05, 4.69) is 21.3 Å². The number of primary amides is 1. The van der Waals surface area contributed by atoms with E-state index < -0.39 is 60.2 Å². The smallest absolute Gasteiger partial charge is 0.243 e. The van der Waals surface area contributed by atoms with Crippen LogP contribution in [0.15, 0.2) is 42.5 Å². The first-order chi connectivity index (χ1) is 20.2. The molecule has 12 heteroatoms. The fraction of sp³-hybridized carbons (Fsp3) is 0.452. The van der Waals surface area contributed by atoms with Crippen LogP contribution < -0.4 is 32.7 Å². The second kappa shape index (κ2) is 16.3. The van der Waals surface area contributed by atoms with Crippen LogP contribution in [0.5, 0.6) is 5.75 Å². The van der Waals surface area contributed by atoms with E-state index in [4.69, 9.17) is 11.5 Å². The third-order valence-corrected chi connectivity index (χ3v) is 6.92. The van der Waals surface area contributed by atoms with Crippen molar-refractivity contribution in [2.24, 2.45) is 17.4 Å². The number of rotatable bonds is 15. The van der Waals surface area contributed by atoms with Crippen LogP contribution in [-0.4, -0.2) is 65.4 Å². The molecular formula is C31H44N6O6. The fourth-order valence-electron chi connectivity index (χ4n) is 4.61. The Bertz CT molecular complexity index is 1280. The van der Waals surface area contributed by atoms with Crippen LogP contribution in [0.4, 0.5) is 0 Å². The predicted molar refractivity (Wildman–Crippen MR) is 163 cm³/mol. The number of amides is 5. The van der Waals surface area contributed by atoms with Gasteiger partial charge in [0.25, 0.3) is 0 Å². The minimum Gasteiger partial charge on any atom is -0.508 e. The number of aromatic hydroxyl groups is 1. The molecule has 0 fully saturated rings. The van der Waals surface area contributed by atoms with Crippen molar-refractivity contribution < 1.29 is 29.1 Å². The van der Waals surface area contributed by atoms with Crippen LogP contribution in [-0.2, 0) is 36.8 Å². The van der Waals surface area contributed by atoms with Gasteiger partial charge in [0.1, 0.15) is 23.9 Å². The second-order valence-corrected chi connectivity index (χ2v) is 11.2. The molecule has 0 aliphatic heterocycles. The molecule has 0 aliphatic rings. The fourth-order valence-corrected chi connectivity index (χ4v) is 4.61. The molecule has 43 heavy (non-hydrogen) atoms. The molecule has 5 amide bonds. The van der Waals surface area contributed by atoms with Gasteiger partial charge in [-0.1, -0.05) is 44.2 Å². The van der Waals surface area contributed by atoms with Crippen molar-refractivity contribution >= 4 is 29.5 Å². The van der Waals surface area contributed by atoms with Gasteiger partial charge in [0.15, 0.2) is 0 Å². The Labute approximate surface area is 252 Å². The van der Waals surface area contributed by atoms with Crippen molar-refractivity contribution in [1.82, 2.24) is 21.3 Å². The highest BCUT2D eigenvalue weighted by atomic mass is 16.3. The van der Waals surface area contributed by atoms with E-state index in [9.17, 15) is 29.1 Å². The van der Waals surface area contributed by atoms with Gasteiger partial charge in [-0.25, -0.2) is 0 Å². The summed E-state index contributed by atoms with van der Waals surface area (Å²) in [4.78, 5) is 63.1. The van der Waals surface area contributed by atoms with Gasteiger partial charge in [-0.05, 0) is 73.9 Å². The quantitative estimate of drug-likeness (QED) is 0.152. The van der Waals surface area contributed by atoms with Crippen LogP contribution in [0, 0.1) is 19.8 Å². The zero-order valence-corrected chi connectivity index (χ0v) is 25.4. The van der Waals surface area contributed by atoms with Crippen LogP contribution in [0.3, 0.4) is 0 Å². The largest absolute Gasteiger partial charge is 0.508 e. The molecule has 0 heterocycles. The Hall–Kier alpha value is -4.45. The summed E-state index contributed by atoms with van der Waals surface area (Å²) >= 11 is 0. The van der Waals surface area contributed by atoms with E-state index in [1.807, 2.05) is 33.8 Å². The van der Waals surface area contributed by atoms with Gasteiger partial charge in [0, 0.05) is 6.42 Å². The van der Waals surface area contributed by atoms with Crippen molar-refractivity contribution in [3.05, 3.63) is 64.7 Å². The van der Waals surface area contributed by atoms with Crippen LogP contribution in [0.25, 0.3) is 0 Å². The molecule has 2 rings (SSSR count). The first-order valence-electron chi connectivity index (χ1n) is 14.2. The van der Waals surface area contributed by atoms with E-state index in [1.54, 1.807) is 36.4 Å². The number of nitrogens with one attached hydrogen (secondary N) is 4. The van der Waals surface area contributed by atoms with Crippen molar-refractivity contribution in [3.8, 4) is 5.75 Å². The molecule has 0 spiro atoms. The van der Waals surface area contributed by atoms with Gasteiger partial charge < -0.3 is 37.8 Å². The molecule has 234 valence electrons. The number of carbonyl (C=O) groups is 5. The highest BCUT2D eigenvalue weighted by Crippen LogP contribution is 2.21. The highest BCUT2D eigenvalue weighted by molar-refractivity contribution is 5.94. The standard InChI is InChI=1S/C31H44N6O6/c1-17(2)11-25(28(33)40)37-31(43)26(14-21-9-7-6-8-10-21)36-27(39)16-34-29(41)20(5)35-30(42)24(32)15-23-18(3)12-22(38)13-19(23)4/h6-10,12-13,17,20,24-26,38H,11,14-16,32H2,1-5H3,(H2,33,40)(H,34,41)(H,35,42)(H,36,39)(H,37,43)/t20-,24+,25+,26+/m1/s1. The lowest BCUT2D eigenvalue weighted by atomic mass is 9.96. The van der Waals surface area contributed by atoms with E-state index in [0.29, 0.717) is 6.42 Å². The Morgan fingerprint density at radius 1 is 0.814 bits per heavy atom. The first kappa shape index (κ1) is 34.7. The average Bonchev–Trinajstić information content (AvgIpc) is 2.92. The Balaban J connectivity index is 1.97. The van der Waals surface area contributed by atoms with Gasteiger partial charge in [-0.15, -0.1) is 0 Å². The molecule has 0 aromatic heterocycles. The summed E-state index contributed by atoms with van der Waals surface area (Å²) in [6.45, 7) is 8.40. The molecule has 0 saturated carbocycles. The minimum absolute atomic E-state index is 0.0910. The number of hydrogen-bond acceptors (Lipinski definition) is 7. The minimum atomic E-state index is -1.04. The van der Waals surface area contributed by atoms with Crippen molar-refractivity contribution in [3.63, 3.8) is 0 Å². The van der Waals surface area contributed by atoms with Gasteiger partial charge in [0.2, 0.25) is 29.5 Å². The topological polar surface area (TPSA) is 206 Å². The molecule has 12 nitrogen and oxygen atoms in total. The van der Waals surface area contributed by atoms with Gasteiger partial charge >= 0.3 is 0 Å². The van der Waals surface area contributed by atoms with Crippen LogP contribution >= 0.6 is 0 Å². The molecule has 0 aliphatic carbocycles. The Kier molecular flexibility index (Phi) is 13.1. The molecule has 9 N–H and O–H groups in total. The number of aryl methyl sites for hydroxylation is 2. The summed E-state index contributed by atoms with van der Waals surface area (Å²) in [5.74, 6) is -2.86. The maximum Gasteiger partial charge on any atom is 0.243 e. The summed E-state index contributed by atoms with van der Waals surface area (Å²) in [5, 5.41) is 20.0. The first-order valence-corrected chi connectivity index (χ1v) is 14.2.